The molecule has 3 aromatic rings. The highest BCUT2D eigenvalue weighted by atomic mass is 35.5. The van der Waals surface area contributed by atoms with E-state index in [1.165, 1.54) is 30.3 Å². The van der Waals surface area contributed by atoms with Crippen LogP contribution in [-0.4, -0.2) is 26.9 Å². The summed E-state index contributed by atoms with van der Waals surface area (Å²) in [7, 11) is 0. The molecule has 7 nitrogen and oxygen atoms in total. The number of para-hydroxylation sites is 1. The quantitative estimate of drug-likeness (QED) is 0.203. The van der Waals surface area contributed by atoms with Crippen molar-refractivity contribution >= 4 is 51.9 Å². The summed E-state index contributed by atoms with van der Waals surface area (Å²) in [6.07, 6.45) is 7.04. The number of hydrogen-bond acceptors (Lipinski definition) is 6. The van der Waals surface area contributed by atoms with Crippen LogP contribution in [0.4, 0.5) is 11.4 Å². The van der Waals surface area contributed by atoms with Crippen LogP contribution in [0.3, 0.4) is 0 Å². The Morgan fingerprint density at radius 3 is 2.60 bits per heavy atom. The summed E-state index contributed by atoms with van der Waals surface area (Å²) in [5.74, 6) is 0.865. The third-order valence-corrected chi connectivity index (χ3v) is 7.39. The summed E-state index contributed by atoms with van der Waals surface area (Å²) in [6.45, 7) is 0. The summed E-state index contributed by atoms with van der Waals surface area (Å²) in [6, 6.07) is 17.7. The molecule has 9 heteroatoms. The number of aliphatic imine (C=N–C) groups is 1. The van der Waals surface area contributed by atoms with Gasteiger partial charge in [0.2, 0.25) is 0 Å². The Balaban J connectivity index is 1.45. The first-order valence-corrected chi connectivity index (χ1v) is 12.6. The summed E-state index contributed by atoms with van der Waals surface area (Å²) >= 11 is 7.27. The normalized spacial score (nSPS) is 19.1. The highest BCUT2D eigenvalue weighted by Crippen LogP contribution is 2.39. The van der Waals surface area contributed by atoms with E-state index in [0.717, 1.165) is 31.4 Å². The van der Waals surface area contributed by atoms with E-state index in [1.807, 2.05) is 35.2 Å². The van der Waals surface area contributed by atoms with Crippen molar-refractivity contribution in [3.63, 3.8) is 0 Å². The molecule has 5 rings (SSSR count). The highest BCUT2D eigenvalue weighted by molar-refractivity contribution is 8.18. The van der Waals surface area contributed by atoms with E-state index in [2.05, 4.69) is 0 Å². The third kappa shape index (κ3) is 5.04. The number of amidine groups is 1. The molecule has 0 spiro atoms. The van der Waals surface area contributed by atoms with E-state index in [0.29, 0.717) is 27.2 Å². The van der Waals surface area contributed by atoms with Gasteiger partial charge in [0, 0.05) is 23.7 Å². The van der Waals surface area contributed by atoms with Crippen molar-refractivity contribution in [3.05, 3.63) is 86.5 Å². The first-order valence-electron chi connectivity index (χ1n) is 11.4. The minimum Gasteiger partial charge on any atom is -0.457 e. The second-order valence-corrected chi connectivity index (χ2v) is 9.85. The Kier molecular flexibility index (Phi) is 6.74. The maximum atomic E-state index is 13.5. The number of carbonyl (C=O) groups excluding carboxylic acids is 1. The smallest absolute Gasteiger partial charge is 0.288 e. The number of thioether (sulfide) groups is 1. The first kappa shape index (κ1) is 23.4. The van der Waals surface area contributed by atoms with E-state index in [4.69, 9.17) is 21.0 Å². The molecule has 35 heavy (non-hydrogen) atoms. The molecule has 1 aromatic heterocycles. The number of nitro groups is 1. The van der Waals surface area contributed by atoms with Crippen molar-refractivity contribution in [3.8, 4) is 11.3 Å². The summed E-state index contributed by atoms with van der Waals surface area (Å²) in [5, 5.41) is 12.0. The van der Waals surface area contributed by atoms with E-state index < -0.39 is 4.92 Å². The van der Waals surface area contributed by atoms with E-state index in [-0.39, 0.29) is 22.7 Å². The van der Waals surface area contributed by atoms with Gasteiger partial charge in [-0.05, 0) is 61.0 Å². The van der Waals surface area contributed by atoms with E-state index in [9.17, 15) is 14.9 Å². The van der Waals surface area contributed by atoms with Gasteiger partial charge in [-0.2, -0.15) is 0 Å². The monoisotopic (exact) mass is 507 g/mol. The van der Waals surface area contributed by atoms with Crippen LogP contribution in [0, 0.1) is 10.1 Å². The third-order valence-electron chi connectivity index (χ3n) is 6.09. The molecule has 0 unspecified atom stereocenters. The summed E-state index contributed by atoms with van der Waals surface area (Å²) in [5.41, 5.74) is 1.15. The van der Waals surface area contributed by atoms with Crippen molar-refractivity contribution in [2.75, 3.05) is 0 Å². The molecule has 2 aromatic carbocycles. The van der Waals surface area contributed by atoms with Gasteiger partial charge in [0.05, 0.1) is 15.5 Å². The number of halogens is 1. The minimum atomic E-state index is -0.529. The standard InChI is InChI=1S/C26H22ClN3O4S/c27-21-13-11-17(15-22(21)30(32)33)23-14-12-20(34-23)16-24-25(31)29(19-9-5-2-6-10-19)26(35-24)28-18-7-3-1-4-8-18/h1,3-4,7-8,11-16,19H,2,5-6,9-10H2/b24-16-,28-26?. The number of hydrogen-bond donors (Lipinski definition) is 0. The number of rotatable bonds is 5. The lowest BCUT2D eigenvalue weighted by atomic mass is 9.94. The van der Waals surface area contributed by atoms with Gasteiger partial charge in [-0.15, -0.1) is 0 Å². The Morgan fingerprint density at radius 1 is 1.09 bits per heavy atom. The topological polar surface area (TPSA) is 88.9 Å². The van der Waals surface area contributed by atoms with Gasteiger partial charge in [0.1, 0.15) is 16.5 Å². The van der Waals surface area contributed by atoms with E-state index >= 15 is 0 Å². The maximum Gasteiger partial charge on any atom is 0.288 e. The lowest BCUT2D eigenvalue weighted by molar-refractivity contribution is -0.384. The van der Waals surface area contributed by atoms with E-state index in [1.54, 1.807) is 24.3 Å². The van der Waals surface area contributed by atoms with Gasteiger partial charge < -0.3 is 4.42 Å². The second kappa shape index (κ2) is 10.1. The van der Waals surface area contributed by atoms with Crippen molar-refractivity contribution in [1.29, 1.82) is 0 Å². The average Bonchev–Trinajstić information content (AvgIpc) is 3.45. The van der Waals surface area contributed by atoms with Crippen LogP contribution >= 0.6 is 23.4 Å². The van der Waals surface area contributed by atoms with Crippen LogP contribution in [0.2, 0.25) is 5.02 Å². The van der Waals surface area contributed by atoms with Crippen LogP contribution in [0.1, 0.15) is 37.9 Å². The molecule has 1 amide bonds. The molecule has 178 valence electrons. The predicted octanol–water partition coefficient (Wildman–Crippen LogP) is 7.44. The molecule has 1 aliphatic carbocycles. The van der Waals surface area contributed by atoms with Crippen molar-refractivity contribution < 1.29 is 14.1 Å². The molecular weight excluding hydrogens is 486 g/mol. The predicted molar refractivity (Wildman–Crippen MR) is 139 cm³/mol. The average molecular weight is 508 g/mol. The summed E-state index contributed by atoms with van der Waals surface area (Å²) < 4.78 is 5.92. The summed E-state index contributed by atoms with van der Waals surface area (Å²) in [4.78, 5) is 31.3. The van der Waals surface area contributed by atoms with Crippen LogP contribution < -0.4 is 0 Å². The molecule has 0 atom stereocenters. The lowest BCUT2D eigenvalue weighted by Crippen LogP contribution is -2.40. The molecule has 1 aliphatic heterocycles. The number of nitro benzene ring substituents is 1. The van der Waals surface area contributed by atoms with Crippen LogP contribution in [-0.2, 0) is 4.79 Å². The molecule has 0 radical (unpaired) electrons. The van der Waals surface area contributed by atoms with Gasteiger partial charge in [-0.1, -0.05) is 49.1 Å². The fourth-order valence-electron chi connectivity index (χ4n) is 4.36. The van der Waals surface area contributed by atoms with Gasteiger partial charge in [-0.25, -0.2) is 4.99 Å². The maximum absolute atomic E-state index is 13.5. The zero-order chi connectivity index (χ0) is 24.4. The Labute approximate surface area is 211 Å². The molecule has 1 saturated carbocycles. The number of amides is 1. The number of furan rings is 1. The fourth-order valence-corrected chi connectivity index (χ4v) is 5.58. The van der Waals surface area contributed by atoms with Crippen LogP contribution in [0.15, 0.2) is 75.0 Å². The highest BCUT2D eigenvalue weighted by Gasteiger charge is 2.38. The Bertz CT molecular complexity index is 1330. The SMILES string of the molecule is O=C1/C(=C/c2ccc(-c3ccc(Cl)c([N+](=O)[O-])c3)o2)SC(=Nc2ccccc2)N1C1CCCCC1. The minimum absolute atomic E-state index is 0.0636. The van der Waals surface area contributed by atoms with Gasteiger partial charge in [-0.3, -0.25) is 19.8 Å². The largest absolute Gasteiger partial charge is 0.457 e. The zero-order valence-electron chi connectivity index (χ0n) is 18.7. The van der Waals surface area contributed by atoms with Crippen molar-refractivity contribution in [1.82, 2.24) is 4.90 Å². The molecule has 0 N–H and O–H groups in total. The fraction of sp³-hybridized carbons (Fsp3) is 0.231. The molecule has 1 saturated heterocycles. The number of carbonyl (C=O) groups is 1. The molecule has 2 aliphatic rings. The second-order valence-electron chi connectivity index (χ2n) is 8.43. The molecule has 2 heterocycles. The van der Waals surface area contributed by atoms with Crippen molar-refractivity contribution in [2.45, 2.75) is 38.1 Å². The lowest BCUT2D eigenvalue weighted by Gasteiger charge is -2.30. The van der Waals surface area contributed by atoms with Crippen molar-refractivity contribution in [2.24, 2.45) is 4.99 Å². The van der Waals surface area contributed by atoms with Crippen LogP contribution in [0.25, 0.3) is 17.4 Å². The Hall–Kier alpha value is -3.36. The zero-order valence-corrected chi connectivity index (χ0v) is 20.3. The van der Waals surface area contributed by atoms with Crippen LogP contribution in [0.5, 0.6) is 0 Å². The number of benzene rings is 2. The Morgan fingerprint density at radius 2 is 1.86 bits per heavy atom. The first-order chi connectivity index (χ1) is 17.0. The molecule has 0 bridgehead atoms. The van der Waals surface area contributed by atoms with Gasteiger partial charge in [0.25, 0.3) is 11.6 Å². The van der Waals surface area contributed by atoms with Gasteiger partial charge in [0.15, 0.2) is 5.17 Å². The molecule has 2 fully saturated rings. The number of nitrogens with zero attached hydrogens (tertiary/aromatic N) is 3. The molecular formula is C26H22ClN3O4S. The van der Waals surface area contributed by atoms with Gasteiger partial charge >= 0.3 is 0 Å².